The molecule has 6 nitrogen and oxygen atoms in total. The van der Waals surface area contributed by atoms with Gasteiger partial charge in [-0.05, 0) is 29.8 Å². The smallest absolute Gasteiger partial charge is 0.337 e. The van der Waals surface area contributed by atoms with Crippen LogP contribution in [-0.4, -0.2) is 37.0 Å². The van der Waals surface area contributed by atoms with Gasteiger partial charge in [0.15, 0.2) is 0 Å². The van der Waals surface area contributed by atoms with Crippen LogP contribution in [0, 0.1) is 5.82 Å². The van der Waals surface area contributed by atoms with Crippen molar-refractivity contribution in [2.24, 2.45) is 0 Å². The van der Waals surface area contributed by atoms with Crippen LogP contribution >= 0.6 is 0 Å². The number of methoxy groups -OCH3 is 1. The number of carbonyl (C=O) groups is 2. The van der Waals surface area contributed by atoms with E-state index in [1.807, 2.05) is 29.2 Å². The molecule has 0 bridgehead atoms. The van der Waals surface area contributed by atoms with Crippen LogP contribution in [-0.2, 0) is 22.6 Å². The van der Waals surface area contributed by atoms with E-state index in [0.717, 1.165) is 11.1 Å². The summed E-state index contributed by atoms with van der Waals surface area (Å²) in [6.07, 6.45) is -0.534. The maximum atomic E-state index is 14.5. The van der Waals surface area contributed by atoms with Crippen molar-refractivity contribution < 1.29 is 23.5 Å². The predicted octanol–water partition coefficient (Wildman–Crippen LogP) is 3.86. The highest BCUT2D eigenvalue weighted by Gasteiger charge is 2.27. The van der Waals surface area contributed by atoms with Gasteiger partial charge in [0.05, 0.1) is 19.2 Å². The van der Waals surface area contributed by atoms with Crippen molar-refractivity contribution in [1.82, 2.24) is 10.2 Å². The molecule has 4 rings (SSSR count). The predicted molar refractivity (Wildman–Crippen MR) is 121 cm³/mol. The molecule has 1 amide bonds. The Kier molecular flexibility index (Phi) is 7.00. The van der Waals surface area contributed by atoms with Crippen LogP contribution in [0.1, 0.15) is 33.2 Å². The molecule has 3 aromatic rings. The fourth-order valence-corrected chi connectivity index (χ4v) is 3.83. The molecule has 1 aliphatic rings. The Labute approximate surface area is 191 Å². The maximum absolute atomic E-state index is 14.5. The Morgan fingerprint density at radius 1 is 1.06 bits per heavy atom. The second-order valence-electron chi connectivity index (χ2n) is 7.87. The number of ether oxygens (including phenoxy) is 2. The summed E-state index contributed by atoms with van der Waals surface area (Å²) in [4.78, 5) is 26.2. The first-order valence-corrected chi connectivity index (χ1v) is 10.7. The topological polar surface area (TPSA) is 67.9 Å². The van der Waals surface area contributed by atoms with Crippen molar-refractivity contribution in [2.45, 2.75) is 19.2 Å². The van der Waals surface area contributed by atoms with Gasteiger partial charge in [0, 0.05) is 30.8 Å². The summed E-state index contributed by atoms with van der Waals surface area (Å²) in [7, 11) is 1.33. The Bertz CT molecular complexity index is 1130. The summed E-state index contributed by atoms with van der Waals surface area (Å²) in [5, 5.41) is 2.91. The molecule has 0 unspecified atom stereocenters. The molecule has 0 saturated heterocycles. The molecular formula is C26H25FN2O4. The highest BCUT2D eigenvalue weighted by molar-refractivity contribution is 5.89. The molecule has 7 heteroatoms. The van der Waals surface area contributed by atoms with Crippen molar-refractivity contribution in [3.63, 3.8) is 0 Å². The van der Waals surface area contributed by atoms with Crippen LogP contribution < -0.4 is 10.1 Å². The number of nitrogens with zero attached hydrogens (tertiary/aromatic N) is 1. The average Bonchev–Trinajstić information content (AvgIpc) is 3.01. The molecule has 1 heterocycles. The van der Waals surface area contributed by atoms with Crippen LogP contribution in [0.25, 0.3) is 0 Å². The minimum atomic E-state index is -0.534. The molecule has 0 radical (unpaired) electrons. The molecule has 1 N–H and O–H groups in total. The van der Waals surface area contributed by atoms with E-state index in [1.54, 1.807) is 42.5 Å². The number of esters is 1. The number of nitrogens with one attached hydrogen (secondary N) is 1. The number of amides is 1. The van der Waals surface area contributed by atoms with Gasteiger partial charge in [0.1, 0.15) is 17.7 Å². The lowest BCUT2D eigenvalue weighted by atomic mass is 10.1. The first-order valence-electron chi connectivity index (χ1n) is 10.7. The zero-order valence-corrected chi connectivity index (χ0v) is 18.3. The van der Waals surface area contributed by atoms with Gasteiger partial charge in [-0.2, -0.15) is 0 Å². The summed E-state index contributed by atoms with van der Waals surface area (Å²) < 4.78 is 25.3. The van der Waals surface area contributed by atoms with Crippen LogP contribution in [0.15, 0.2) is 72.8 Å². The van der Waals surface area contributed by atoms with E-state index in [0.29, 0.717) is 36.5 Å². The molecule has 0 aliphatic carbocycles. The van der Waals surface area contributed by atoms with E-state index in [-0.39, 0.29) is 18.3 Å². The van der Waals surface area contributed by atoms with Crippen LogP contribution in [0.3, 0.4) is 0 Å². The third kappa shape index (κ3) is 5.56. The minimum absolute atomic E-state index is 0.142. The molecule has 0 aromatic heterocycles. The van der Waals surface area contributed by atoms with Crippen LogP contribution in [0.5, 0.6) is 5.75 Å². The lowest BCUT2D eigenvalue weighted by Gasteiger charge is -2.24. The number of carbonyl (C=O) groups excluding carboxylic acids is 2. The Balaban J connectivity index is 1.43. The van der Waals surface area contributed by atoms with Gasteiger partial charge in [-0.1, -0.05) is 48.5 Å². The summed E-state index contributed by atoms with van der Waals surface area (Å²) in [5.74, 6) is -0.196. The number of hydrogen-bond acceptors (Lipinski definition) is 5. The third-order valence-corrected chi connectivity index (χ3v) is 5.54. The molecule has 0 saturated carbocycles. The number of rotatable bonds is 6. The second kappa shape index (κ2) is 10.3. The standard InChI is InChI=1S/C26H25FN2O4/c1-32-26(31)19-12-10-18(11-13-19)14-28-25(30)17-29-15-20-6-2-5-9-23(20)33-24(16-29)21-7-3-4-8-22(21)27/h2-13,24H,14-17H2,1H3,(H,28,30)/t24-/m0/s1. The first-order chi connectivity index (χ1) is 16.0. The van der Waals surface area contributed by atoms with Crippen LogP contribution in [0.2, 0.25) is 0 Å². The summed E-state index contributed by atoms with van der Waals surface area (Å²) in [6, 6.07) is 21.0. The fourth-order valence-electron chi connectivity index (χ4n) is 3.83. The molecule has 1 aliphatic heterocycles. The Morgan fingerprint density at radius 3 is 2.55 bits per heavy atom. The molecule has 1 atom stereocenters. The van der Waals surface area contributed by atoms with E-state index < -0.39 is 12.1 Å². The largest absolute Gasteiger partial charge is 0.484 e. The maximum Gasteiger partial charge on any atom is 0.337 e. The van der Waals surface area contributed by atoms with E-state index in [9.17, 15) is 14.0 Å². The summed E-state index contributed by atoms with van der Waals surface area (Å²) >= 11 is 0. The zero-order valence-electron chi connectivity index (χ0n) is 18.3. The van der Waals surface area contributed by atoms with Gasteiger partial charge in [-0.3, -0.25) is 9.69 Å². The SMILES string of the molecule is COC(=O)c1ccc(CNC(=O)CN2Cc3ccccc3O[C@H](c3ccccc3F)C2)cc1. The molecule has 0 spiro atoms. The van der Waals surface area contributed by atoms with Crippen molar-refractivity contribution in [3.05, 3.63) is 101 Å². The third-order valence-electron chi connectivity index (χ3n) is 5.54. The van der Waals surface area contributed by atoms with E-state index in [4.69, 9.17) is 9.47 Å². The monoisotopic (exact) mass is 448 g/mol. The zero-order chi connectivity index (χ0) is 23.2. The molecule has 0 fully saturated rings. The van der Waals surface area contributed by atoms with Gasteiger partial charge < -0.3 is 14.8 Å². The van der Waals surface area contributed by atoms with Gasteiger partial charge in [-0.15, -0.1) is 0 Å². The van der Waals surface area contributed by atoms with Crippen molar-refractivity contribution >= 4 is 11.9 Å². The number of para-hydroxylation sites is 1. The summed E-state index contributed by atoms with van der Waals surface area (Å²) in [5.41, 5.74) is 2.73. The second-order valence-corrected chi connectivity index (χ2v) is 7.87. The molecule has 170 valence electrons. The van der Waals surface area contributed by atoms with Gasteiger partial charge in [0.2, 0.25) is 5.91 Å². The van der Waals surface area contributed by atoms with Crippen molar-refractivity contribution in [2.75, 3.05) is 20.2 Å². The normalized spacial score (nSPS) is 15.6. The number of hydrogen-bond donors (Lipinski definition) is 1. The van der Waals surface area contributed by atoms with Crippen molar-refractivity contribution in [3.8, 4) is 5.75 Å². The Hall–Kier alpha value is -3.71. The number of benzene rings is 3. The molecule has 3 aromatic carbocycles. The average molecular weight is 448 g/mol. The van der Waals surface area contributed by atoms with E-state index >= 15 is 0 Å². The van der Waals surface area contributed by atoms with Gasteiger partial charge in [-0.25, -0.2) is 9.18 Å². The fraction of sp³-hybridized carbons (Fsp3) is 0.231. The van der Waals surface area contributed by atoms with Crippen LogP contribution in [0.4, 0.5) is 4.39 Å². The number of halogens is 1. The highest BCUT2D eigenvalue weighted by Crippen LogP contribution is 2.31. The molecule has 33 heavy (non-hydrogen) atoms. The molecular weight excluding hydrogens is 423 g/mol. The number of fused-ring (bicyclic) bond motifs is 1. The van der Waals surface area contributed by atoms with E-state index in [2.05, 4.69) is 5.32 Å². The quantitative estimate of drug-likeness (QED) is 0.580. The minimum Gasteiger partial charge on any atom is -0.484 e. The van der Waals surface area contributed by atoms with Gasteiger partial charge >= 0.3 is 5.97 Å². The van der Waals surface area contributed by atoms with Crippen molar-refractivity contribution in [1.29, 1.82) is 0 Å². The lowest BCUT2D eigenvalue weighted by Crippen LogP contribution is -2.38. The highest BCUT2D eigenvalue weighted by atomic mass is 19.1. The summed E-state index contributed by atoms with van der Waals surface area (Å²) in [6.45, 7) is 1.36. The first kappa shape index (κ1) is 22.5. The van der Waals surface area contributed by atoms with Gasteiger partial charge in [0.25, 0.3) is 0 Å². The van der Waals surface area contributed by atoms with E-state index in [1.165, 1.54) is 13.2 Å². The Morgan fingerprint density at radius 2 is 1.79 bits per heavy atom. The lowest BCUT2D eigenvalue weighted by molar-refractivity contribution is -0.122.